The van der Waals surface area contributed by atoms with E-state index in [2.05, 4.69) is 55.8 Å². The third-order valence-corrected chi connectivity index (χ3v) is 6.28. The number of quaternary nitrogens is 1. The number of hydrogen-bond acceptors (Lipinski definition) is 3. The van der Waals surface area contributed by atoms with Crippen molar-refractivity contribution in [3.05, 3.63) is 35.4 Å². The van der Waals surface area contributed by atoms with Crippen molar-refractivity contribution in [1.82, 2.24) is 15.8 Å². The summed E-state index contributed by atoms with van der Waals surface area (Å²) in [5.41, 5.74) is 4.19. The second-order valence-electron chi connectivity index (χ2n) is 8.95. The average molecular weight is 416 g/mol. The summed E-state index contributed by atoms with van der Waals surface area (Å²) in [7, 11) is 0. The monoisotopic (exact) mass is 415 g/mol. The number of hydrogen-bond donors (Lipinski definition) is 3. The van der Waals surface area contributed by atoms with Crippen LogP contribution >= 0.6 is 0 Å². The van der Waals surface area contributed by atoms with Crippen molar-refractivity contribution >= 4 is 17.8 Å². The molecule has 4 N–H and O–H groups in total. The summed E-state index contributed by atoms with van der Waals surface area (Å²) < 4.78 is 0. The van der Waals surface area contributed by atoms with Crippen LogP contribution in [0.5, 0.6) is 0 Å². The molecule has 0 radical (unpaired) electrons. The molecule has 164 valence electrons. The second-order valence-corrected chi connectivity index (χ2v) is 8.95. The van der Waals surface area contributed by atoms with Crippen molar-refractivity contribution < 1.29 is 19.7 Å². The van der Waals surface area contributed by atoms with Crippen LogP contribution in [-0.2, 0) is 16.0 Å². The highest BCUT2D eigenvalue weighted by Gasteiger charge is 2.52. The Morgan fingerprint density at radius 2 is 1.83 bits per heavy atom. The first kappa shape index (κ1) is 22.3. The van der Waals surface area contributed by atoms with E-state index >= 15 is 0 Å². The van der Waals surface area contributed by atoms with Crippen LogP contribution in [0.25, 0.3) is 0 Å². The molecule has 2 aliphatic rings. The fourth-order valence-electron chi connectivity index (χ4n) is 4.61. The van der Waals surface area contributed by atoms with Crippen molar-refractivity contribution in [3.63, 3.8) is 0 Å². The van der Waals surface area contributed by atoms with E-state index in [1.54, 1.807) is 0 Å². The first-order valence-electron chi connectivity index (χ1n) is 11.2. The Morgan fingerprint density at radius 1 is 1.17 bits per heavy atom. The minimum Gasteiger partial charge on any atom is -0.332 e. The molecule has 1 aromatic rings. The second kappa shape index (κ2) is 9.60. The van der Waals surface area contributed by atoms with Crippen LogP contribution in [0.1, 0.15) is 76.5 Å². The predicted molar refractivity (Wildman–Crippen MR) is 114 cm³/mol. The fourth-order valence-corrected chi connectivity index (χ4v) is 4.61. The van der Waals surface area contributed by atoms with Crippen molar-refractivity contribution in [2.45, 2.75) is 77.3 Å². The number of nitrogens with zero attached hydrogens (tertiary/aromatic N) is 1. The van der Waals surface area contributed by atoms with Crippen LogP contribution in [0.4, 0.5) is 4.79 Å². The maximum Gasteiger partial charge on any atom is 0.344 e. The largest absolute Gasteiger partial charge is 0.344 e. The number of imide groups is 1. The van der Waals surface area contributed by atoms with E-state index in [9.17, 15) is 14.4 Å². The van der Waals surface area contributed by atoms with Gasteiger partial charge in [0.05, 0.1) is 0 Å². The number of carbonyl (C=O) groups is 3. The smallest absolute Gasteiger partial charge is 0.332 e. The molecule has 7 heteroatoms. The first-order valence-corrected chi connectivity index (χ1v) is 11.2. The predicted octanol–water partition coefficient (Wildman–Crippen LogP) is 2.19. The number of carbonyl (C=O) groups excluding carboxylic acids is 3. The number of nitrogens with two attached hydrogens (primary N) is 1. The molecule has 7 nitrogen and oxygen atoms in total. The first-order chi connectivity index (χ1) is 14.4. The lowest BCUT2D eigenvalue weighted by Crippen LogP contribution is -2.88. The Morgan fingerprint density at radius 3 is 2.43 bits per heavy atom. The van der Waals surface area contributed by atoms with Gasteiger partial charge in [-0.25, -0.2) is 4.79 Å². The quantitative estimate of drug-likeness (QED) is 0.568. The molecular weight excluding hydrogens is 380 g/mol. The average Bonchev–Trinajstić information content (AvgIpc) is 2.94. The van der Waals surface area contributed by atoms with Gasteiger partial charge in [0.1, 0.15) is 11.6 Å². The lowest BCUT2D eigenvalue weighted by Gasteiger charge is -2.30. The molecule has 0 bridgehead atoms. The molecule has 1 aromatic carbocycles. The maximum absolute atomic E-state index is 12.8. The molecule has 1 aliphatic carbocycles. The SMILES string of the molecule is CCCc1ccc([C@H]([NH2+]CC(=O)NN2C(=O)NC3(CCCCC3)C2=O)C(C)C)cc1. The molecule has 1 saturated carbocycles. The van der Waals surface area contributed by atoms with E-state index in [1.165, 1.54) is 11.1 Å². The Labute approximate surface area is 178 Å². The number of hydrazine groups is 1. The highest BCUT2D eigenvalue weighted by molar-refractivity contribution is 6.08. The molecule has 30 heavy (non-hydrogen) atoms. The van der Waals surface area contributed by atoms with Gasteiger partial charge in [-0.1, -0.05) is 70.7 Å². The minimum atomic E-state index is -0.826. The van der Waals surface area contributed by atoms with Gasteiger partial charge in [0, 0.05) is 11.5 Å². The summed E-state index contributed by atoms with van der Waals surface area (Å²) >= 11 is 0. The van der Waals surface area contributed by atoms with E-state index < -0.39 is 11.6 Å². The summed E-state index contributed by atoms with van der Waals surface area (Å²) in [5.74, 6) is -0.343. The van der Waals surface area contributed by atoms with Gasteiger partial charge in [-0.2, -0.15) is 5.01 Å². The van der Waals surface area contributed by atoms with Crippen LogP contribution in [0.2, 0.25) is 0 Å². The van der Waals surface area contributed by atoms with Crippen LogP contribution in [0.15, 0.2) is 24.3 Å². The Hall–Kier alpha value is -2.41. The minimum absolute atomic E-state index is 0.124. The zero-order valence-corrected chi connectivity index (χ0v) is 18.4. The van der Waals surface area contributed by atoms with E-state index in [4.69, 9.17) is 0 Å². The molecule has 0 unspecified atom stereocenters. The Balaban J connectivity index is 1.58. The zero-order valence-electron chi connectivity index (χ0n) is 18.4. The molecular formula is C23H35N4O3+. The molecule has 1 atom stereocenters. The number of benzene rings is 1. The third-order valence-electron chi connectivity index (χ3n) is 6.28. The van der Waals surface area contributed by atoms with Crippen molar-refractivity contribution in [1.29, 1.82) is 0 Å². The number of urea groups is 1. The summed E-state index contributed by atoms with van der Waals surface area (Å²) in [6.45, 7) is 6.56. The fraction of sp³-hybridized carbons (Fsp3) is 0.609. The zero-order chi connectivity index (χ0) is 21.7. The Bertz CT molecular complexity index is 769. The van der Waals surface area contributed by atoms with Gasteiger partial charge in [-0.05, 0) is 24.8 Å². The number of nitrogens with one attached hydrogen (secondary N) is 2. The summed E-state index contributed by atoms with van der Waals surface area (Å²) in [4.78, 5) is 37.7. The van der Waals surface area contributed by atoms with Gasteiger partial charge in [0.2, 0.25) is 0 Å². The van der Waals surface area contributed by atoms with Gasteiger partial charge < -0.3 is 10.6 Å². The van der Waals surface area contributed by atoms with Crippen molar-refractivity contribution in [2.75, 3.05) is 6.54 Å². The molecule has 1 saturated heterocycles. The molecule has 0 aromatic heterocycles. The highest BCUT2D eigenvalue weighted by atomic mass is 16.2. The van der Waals surface area contributed by atoms with Crippen LogP contribution in [-0.4, -0.2) is 34.9 Å². The number of amides is 4. The molecule has 1 heterocycles. The molecule has 4 amide bonds. The molecule has 1 spiro atoms. The van der Waals surface area contributed by atoms with Gasteiger partial charge in [0.15, 0.2) is 6.54 Å². The van der Waals surface area contributed by atoms with Gasteiger partial charge in [-0.3, -0.25) is 15.0 Å². The standard InChI is InChI=1S/C23H34N4O3/c1-4-8-17-9-11-18(12-10-17)20(16(2)3)24-15-19(28)26-27-21(29)23(25-22(27)30)13-6-5-7-14-23/h9-12,16,20,24H,4-8,13-15H2,1-3H3,(H,25,30)(H,26,28)/p+1/t20-/m1/s1. The summed E-state index contributed by atoms with van der Waals surface area (Å²) in [6, 6.07) is 8.17. The van der Waals surface area contributed by atoms with Gasteiger partial charge in [0.25, 0.3) is 11.8 Å². The lowest BCUT2D eigenvalue weighted by atomic mass is 9.82. The molecule has 2 fully saturated rings. The maximum atomic E-state index is 12.8. The van der Waals surface area contributed by atoms with E-state index in [0.29, 0.717) is 18.8 Å². The third kappa shape index (κ3) is 4.83. The number of aryl methyl sites for hydroxylation is 1. The Kier molecular flexibility index (Phi) is 7.13. The number of rotatable bonds is 8. The van der Waals surface area contributed by atoms with Crippen LogP contribution in [0.3, 0.4) is 0 Å². The topological polar surface area (TPSA) is 95.1 Å². The molecule has 1 aliphatic heterocycles. The summed E-state index contributed by atoms with van der Waals surface area (Å²) in [5, 5.41) is 5.67. The summed E-state index contributed by atoms with van der Waals surface area (Å²) in [6.07, 6.45) is 6.35. The van der Waals surface area contributed by atoms with E-state index in [1.807, 2.05) is 5.32 Å². The van der Waals surface area contributed by atoms with E-state index in [0.717, 1.165) is 37.1 Å². The van der Waals surface area contributed by atoms with Gasteiger partial charge in [-0.15, -0.1) is 0 Å². The lowest BCUT2D eigenvalue weighted by molar-refractivity contribution is -0.692. The van der Waals surface area contributed by atoms with Crippen LogP contribution in [0, 0.1) is 5.92 Å². The van der Waals surface area contributed by atoms with Gasteiger partial charge >= 0.3 is 6.03 Å². The highest BCUT2D eigenvalue weighted by Crippen LogP contribution is 2.32. The van der Waals surface area contributed by atoms with Crippen molar-refractivity contribution in [3.8, 4) is 0 Å². The molecule has 3 rings (SSSR count). The van der Waals surface area contributed by atoms with E-state index in [-0.39, 0.29) is 24.4 Å². The van der Waals surface area contributed by atoms with Crippen molar-refractivity contribution in [2.24, 2.45) is 5.92 Å². The normalized spacial score (nSPS) is 19.3. The van der Waals surface area contributed by atoms with Crippen LogP contribution < -0.4 is 16.1 Å².